The van der Waals surface area contributed by atoms with Crippen LogP contribution in [0.1, 0.15) is 34.1 Å². The van der Waals surface area contributed by atoms with Crippen LogP contribution >= 0.6 is 0 Å². The van der Waals surface area contributed by atoms with Gasteiger partial charge in [-0.1, -0.05) is 0 Å². The summed E-state index contributed by atoms with van der Waals surface area (Å²) < 4.78 is 36.2. The zero-order chi connectivity index (χ0) is 24.6. The third kappa shape index (κ3) is 3.96. The summed E-state index contributed by atoms with van der Waals surface area (Å²) in [6.45, 7) is 1.23. The van der Waals surface area contributed by atoms with E-state index in [4.69, 9.17) is 18.6 Å². The number of carbonyl (C=O) groups is 1. The molecule has 34 heavy (non-hydrogen) atoms. The Balaban J connectivity index is 1.95. The number of nitrogens with zero attached hydrogens (tertiary/aromatic N) is 1. The van der Waals surface area contributed by atoms with E-state index < -0.39 is 17.3 Å². The van der Waals surface area contributed by atoms with Gasteiger partial charge in [0.1, 0.15) is 11.4 Å². The maximum absolute atomic E-state index is 14.0. The Morgan fingerprint density at radius 2 is 1.71 bits per heavy atom. The molecule has 1 atom stereocenters. The SMILES string of the molecule is COc1cc(C2c3c(oc4ccc(F)cc4c3=O)C(=O)N2CCC[NH+](C)C)cc(OC)c1OC. The summed E-state index contributed by atoms with van der Waals surface area (Å²) in [7, 11) is 8.56. The van der Waals surface area contributed by atoms with Gasteiger partial charge in [0, 0.05) is 13.0 Å². The van der Waals surface area contributed by atoms with Crippen molar-refractivity contribution in [2.75, 3.05) is 48.5 Å². The minimum Gasteiger partial charge on any atom is -0.493 e. The number of halogens is 1. The van der Waals surface area contributed by atoms with Crippen LogP contribution in [0.4, 0.5) is 4.39 Å². The molecular formula is C25H28FN2O6+. The normalized spacial score (nSPS) is 15.2. The van der Waals surface area contributed by atoms with Gasteiger partial charge >= 0.3 is 0 Å². The summed E-state index contributed by atoms with van der Waals surface area (Å²) in [5.74, 6) is 0.220. The highest BCUT2D eigenvalue weighted by Crippen LogP contribution is 2.45. The largest absolute Gasteiger partial charge is 0.493 e. The third-order valence-electron chi connectivity index (χ3n) is 6.01. The number of rotatable bonds is 8. The molecule has 0 saturated carbocycles. The highest BCUT2D eigenvalue weighted by atomic mass is 19.1. The molecule has 1 unspecified atom stereocenters. The number of amides is 1. The van der Waals surface area contributed by atoms with Gasteiger partial charge in [-0.15, -0.1) is 0 Å². The molecule has 1 aliphatic rings. The van der Waals surface area contributed by atoms with Gasteiger partial charge in [0.05, 0.1) is 59.0 Å². The second-order valence-corrected chi connectivity index (χ2v) is 8.48. The van der Waals surface area contributed by atoms with Crippen LogP contribution < -0.4 is 24.5 Å². The number of hydrogen-bond acceptors (Lipinski definition) is 6. The molecule has 180 valence electrons. The highest BCUT2D eigenvalue weighted by molar-refractivity contribution is 5.99. The van der Waals surface area contributed by atoms with Crippen LogP contribution in [0.15, 0.2) is 39.5 Å². The molecule has 0 spiro atoms. The van der Waals surface area contributed by atoms with Crippen molar-refractivity contribution < 1.29 is 32.7 Å². The number of quaternary nitrogens is 1. The first kappa shape index (κ1) is 23.6. The maximum Gasteiger partial charge on any atom is 0.290 e. The molecule has 2 heterocycles. The van der Waals surface area contributed by atoms with Gasteiger partial charge in [0.15, 0.2) is 16.9 Å². The number of methoxy groups -OCH3 is 3. The van der Waals surface area contributed by atoms with Crippen LogP contribution in [0, 0.1) is 5.82 Å². The quantitative estimate of drug-likeness (QED) is 0.542. The van der Waals surface area contributed by atoms with E-state index in [9.17, 15) is 14.0 Å². The van der Waals surface area contributed by atoms with Gasteiger partial charge in [-0.2, -0.15) is 0 Å². The van der Waals surface area contributed by atoms with Crippen molar-refractivity contribution in [1.82, 2.24) is 4.90 Å². The molecule has 1 aromatic heterocycles. The number of benzene rings is 2. The summed E-state index contributed by atoms with van der Waals surface area (Å²) >= 11 is 0. The van der Waals surface area contributed by atoms with Crippen molar-refractivity contribution in [3.05, 3.63) is 63.3 Å². The van der Waals surface area contributed by atoms with Gasteiger partial charge in [0.25, 0.3) is 5.91 Å². The van der Waals surface area contributed by atoms with E-state index in [-0.39, 0.29) is 28.2 Å². The lowest BCUT2D eigenvalue weighted by atomic mass is 9.97. The fourth-order valence-corrected chi connectivity index (χ4v) is 4.43. The maximum atomic E-state index is 14.0. The van der Waals surface area contributed by atoms with E-state index >= 15 is 0 Å². The molecule has 2 aromatic carbocycles. The van der Waals surface area contributed by atoms with Crippen molar-refractivity contribution >= 4 is 16.9 Å². The number of hydrogen-bond donors (Lipinski definition) is 1. The molecule has 0 saturated heterocycles. The fraction of sp³-hybridized carbons (Fsp3) is 0.360. The molecule has 8 nitrogen and oxygen atoms in total. The molecule has 4 rings (SSSR count). The molecular weight excluding hydrogens is 443 g/mol. The van der Waals surface area contributed by atoms with E-state index in [1.807, 2.05) is 14.1 Å². The lowest BCUT2D eigenvalue weighted by Gasteiger charge is -2.26. The van der Waals surface area contributed by atoms with Gasteiger partial charge < -0.3 is 28.4 Å². The zero-order valence-electron chi connectivity index (χ0n) is 19.9. The predicted octanol–water partition coefficient (Wildman–Crippen LogP) is 2.04. The van der Waals surface area contributed by atoms with Gasteiger partial charge in [0.2, 0.25) is 11.5 Å². The Kier molecular flexibility index (Phi) is 6.47. The summed E-state index contributed by atoms with van der Waals surface area (Å²) in [5, 5.41) is 0.0866. The zero-order valence-corrected chi connectivity index (χ0v) is 19.9. The standard InChI is InChI=1S/C25H27FN2O6/c1-27(2)9-6-10-28-21(14-11-18(31-3)23(33-5)19(12-14)32-4)20-22(29)16-13-15(26)7-8-17(16)34-24(20)25(28)30/h7-8,11-13,21H,6,9-10H2,1-5H3/p+1. The average molecular weight is 472 g/mol. The first-order chi connectivity index (χ1) is 16.3. The Hall–Kier alpha value is -3.59. The molecule has 0 bridgehead atoms. The van der Waals surface area contributed by atoms with Crippen LogP contribution in [0.25, 0.3) is 11.0 Å². The number of nitrogens with one attached hydrogen (secondary N) is 1. The van der Waals surface area contributed by atoms with Crippen molar-refractivity contribution in [2.45, 2.75) is 12.5 Å². The first-order valence-electron chi connectivity index (χ1n) is 11.0. The van der Waals surface area contributed by atoms with Crippen LogP contribution in [-0.4, -0.2) is 59.3 Å². The van der Waals surface area contributed by atoms with Crippen molar-refractivity contribution in [1.29, 1.82) is 0 Å². The molecule has 1 N–H and O–H groups in total. The summed E-state index contributed by atoms with van der Waals surface area (Å²) in [4.78, 5) is 29.9. The lowest BCUT2D eigenvalue weighted by Crippen LogP contribution is -3.05. The Morgan fingerprint density at radius 3 is 2.29 bits per heavy atom. The first-order valence-corrected chi connectivity index (χ1v) is 11.0. The fourth-order valence-electron chi connectivity index (χ4n) is 4.43. The Labute approximate surface area is 196 Å². The monoisotopic (exact) mass is 471 g/mol. The molecule has 1 amide bonds. The number of fused-ring (bicyclic) bond motifs is 2. The van der Waals surface area contributed by atoms with E-state index in [1.54, 1.807) is 17.0 Å². The van der Waals surface area contributed by atoms with Crippen LogP contribution in [0.3, 0.4) is 0 Å². The summed E-state index contributed by atoms with van der Waals surface area (Å²) in [5.41, 5.74) is 0.502. The second kappa shape index (κ2) is 9.34. The summed E-state index contributed by atoms with van der Waals surface area (Å²) in [6, 6.07) is 6.38. The smallest absolute Gasteiger partial charge is 0.290 e. The molecule has 9 heteroatoms. The van der Waals surface area contributed by atoms with Gasteiger partial charge in [-0.3, -0.25) is 9.59 Å². The average Bonchev–Trinajstić information content (AvgIpc) is 3.10. The van der Waals surface area contributed by atoms with Gasteiger partial charge in [-0.05, 0) is 35.9 Å². The third-order valence-corrected chi connectivity index (χ3v) is 6.01. The summed E-state index contributed by atoms with van der Waals surface area (Å²) in [6.07, 6.45) is 0.714. The Morgan fingerprint density at radius 1 is 1.03 bits per heavy atom. The molecule has 0 radical (unpaired) electrons. The second-order valence-electron chi connectivity index (χ2n) is 8.48. The van der Waals surface area contributed by atoms with E-state index in [0.717, 1.165) is 12.6 Å². The minimum absolute atomic E-state index is 0.0277. The molecule has 3 aromatic rings. The molecule has 0 fully saturated rings. The number of carbonyl (C=O) groups excluding carboxylic acids is 1. The van der Waals surface area contributed by atoms with E-state index in [2.05, 4.69) is 0 Å². The van der Waals surface area contributed by atoms with E-state index in [1.165, 1.54) is 38.4 Å². The van der Waals surface area contributed by atoms with Crippen molar-refractivity contribution in [2.24, 2.45) is 0 Å². The highest BCUT2D eigenvalue weighted by Gasteiger charge is 2.43. The van der Waals surface area contributed by atoms with Gasteiger partial charge in [-0.25, -0.2) is 4.39 Å². The van der Waals surface area contributed by atoms with Crippen molar-refractivity contribution in [3.63, 3.8) is 0 Å². The van der Waals surface area contributed by atoms with Crippen LogP contribution in [0.5, 0.6) is 17.2 Å². The number of ether oxygens (including phenoxy) is 3. The van der Waals surface area contributed by atoms with Crippen molar-refractivity contribution in [3.8, 4) is 17.2 Å². The molecule has 1 aliphatic heterocycles. The lowest BCUT2D eigenvalue weighted by molar-refractivity contribution is -0.858. The predicted molar refractivity (Wildman–Crippen MR) is 124 cm³/mol. The van der Waals surface area contributed by atoms with E-state index in [0.29, 0.717) is 35.8 Å². The van der Waals surface area contributed by atoms with Crippen LogP contribution in [-0.2, 0) is 0 Å². The van der Waals surface area contributed by atoms with Crippen LogP contribution in [0.2, 0.25) is 0 Å². The molecule has 0 aliphatic carbocycles. The Bertz CT molecular complexity index is 1280. The topological polar surface area (TPSA) is 82.7 Å². The minimum atomic E-state index is -0.753.